The van der Waals surface area contributed by atoms with Crippen molar-refractivity contribution in [2.24, 2.45) is 28.8 Å². The zero-order chi connectivity index (χ0) is 47.2. The van der Waals surface area contributed by atoms with Gasteiger partial charge in [0.05, 0.1) is 41.6 Å². The Balaban J connectivity index is 1.89. The lowest BCUT2D eigenvalue weighted by molar-refractivity contribution is -0.173. The van der Waals surface area contributed by atoms with Crippen molar-refractivity contribution < 1.29 is 72.3 Å². The van der Waals surface area contributed by atoms with E-state index in [9.17, 15) is 43.8 Å². The smallest absolute Gasteiger partial charge is 0.302 e. The molecule has 0 saturated carbocycles. The SMILES string of the molecule is CO/C(=C\C=N\OC(C)(C)C)C(C)C(OC(C)=O)C(C)C(OC(C)=O)C(C)C(OC(C)=O)C(C)/C=C/C=C(/C)C(=O)NC1=CC(=O)c2c(c(O)c(C)c3c2C(=O)C(C)(O)O3)C1=O. The third-order valence-corrected chi connectivity index (χ3v) is 10.3. The van der Waals surface area contributed by atoms with Gasteiger partial charge >= 0.3 is 17.9 Å². The van der Waals surface area contributed by atoms with Crippen LogP contribution in [0.4, 0.5) is 0 Å². The maximum Gasteiger partial charge on any atom is 0.302 e. The fourth-order valence-electron chi connectivity index (χ4n) is 7.27. The van der Waals surface area contributed by atoms with Gasteiger partial charge in [-0.1, -0.05) is 51.1 Å². The second-order valence-corrected chi connectivity index (χ2v) is 16.6. The van der Waals surface area contributed by atoms with Crippen molar-refractivity contribution in [3.05, 3.63) is 69.7 Å². The fraction of sp³-hybridized carbons (Fsp3) is 0.511. The van der Waals surface area contributed by atoms with Crippen LogP contribution in [0.2, 0.25) is 0 Å². The molecule has 0 radical (unpaired) electrons. The number of allylic oxidation sites excluding steroid dienone is 5. The Morgan fingerprint density at radius 2 is 1.40 bits per heavy atom. The van der Waals surface area contributed by atoms with E-state index in [4.69, 9.17) is 28.5 Å². The number of hydrogen-bond donors (Lipinski definition) is 3. The summed E-state index contributed by atoms with van der Waals surface area (Å²) in [4.78, 5) is 95.9. The molecule has 1 aliphatic carbocycles. The van der Waals surface area contributed by atoms with Gasteiger partial charge in [0.15, 0.2) is 5.78 Å². The first-order valence-corrected chi connectivity index (χ1v) is 19.9. The number of oxime groups is 1. The van der Waals surface area contributed by atoms with Crippen molar-refractivity contribution in [2.75, 3.05) is 7.11 Å². The largest absolute Gasteiger partial charge is 0.507 e. The van der Waals surface area contributed by atoms with E-state index in [1.54, 1.807) is 39.8 Å². The molecule has 3 N–H and O–H groups in total. The Morgan fingerprint density at radius 3 is 1.95 bits per heavy atom. The Labute approximate surface area is 361 Å². The minimum absolute atomic E-state index is 0.0519. The number of aromatic hydroxyl groups is 1. The summed E-state index contributed by atoms with van der Waals surface area (Å²) in [5.74, 6) is -10.8. The first kappa shape index (κ1) is 50.3. The lowest BCUT2D eigenvalue weighted by Gasteiger charge is -2.39. The summed E-state index contributed by atoms with van der Waals surface area (Å²) in [7, 11) is 1.45. The predicted molar refractivity (Wildman–Crippen MR) is 224 cm³/mol. The van der Waals surface area contributed by atoms with Crippen molar-refractivity contribution >= 4 is 47.4 Å². The number of rotatable bonds is 17. The van der Waals surface area contributed by atoms with Crippen molar-refractivity contribution in [3.8, 4) is 11.5 Å². The second kappa shape index (κ2) is 20.2. The van der Waals surface area contributed by atoms with Gasteiger partial charge in [0, 0.05) is 62.7 Å². The van der Waals surface area contributed by atoms with Crippen molar-refractivity contribution in [1.82, 2.24) is 5.32 Å². The van der Waals surface area contributed by atoms with Crippen LogP contribution in [0, 0.1) is 30.6 Å². The van der Waals surface area contributed by atoms with E-state index in [0.29, 0.717) is 5.76 Å². The second-order valence-electron chi connectivity index (χ2n) is 16.6. The van der Waals surface area contributed by atoms with E-state index < -0.39 is 117 Å². The number of ether oxygens (including phenoxy) is 5. The molecule has 1 heterocycles. The molecular formula is C45H58N2O15. The number of ketones is 3. The number of nitrogens with zero attached hydrogens (tertiary/aromatic N) is 1. The summed E-state index contributed by atoms with van der Waals surface area (Å²) in [5, 5.41) is 27.7. The number of methoxy groups -OCH3 is 1. The minimum atomic E-state index is -2.32. The Kier molecular flexibility index (Phi) is 16.4. The number of aliphatic hydroxyl groups is 1. The average molecular weight is 867 g/mol. The number of benzene rings is 1. The van der Waals surface area contributed by atoms with Gasteiger partial charge in [0.25, 0.3) is 11.7 Å². The molecule has 8 unspecified atom stereocenters. The monoisotopic (exact) mass is 866 g/mol. The van der Waals surface area contributed by atoms with Crippen LogP contribution in [0.1, 0.15) is 120 Å². The first-order chi connectivity index (χ1) is 28.6. The molecule has 1 aliphatic heterocycles. The van der Waals surface area contributed by atoms with Crippen molar-refractivity contribution in [2.45, 2.75) is 120 Å². The van der Waals surface area contributed by atoms with Crippen molar-refractivity contribution in [1.29, 1.82) is 0 Å². The van der Waals surface area contributed by atoms with Gasteiger partial charge in [-0.3, -0.25) is 33.6 Å². The molecule has 17 heteroatoms. The van der Waals surface area contributed by atoms with E-state index in [1.165, 1.54) is 60.1 Å². The van der Waals surface area contributed by atoms with Crippen LogP contribution in [-0.4, -0.2) is 94.4 Å². The molecule has 2 aliphatic rings. The van der Waals surface area contributed by atoms with Gasteiger partial charge in [0.2, 0.25) is 11.6 Å². The molecule has 0 saturated heterocycles. The lowest BCUT2D eigenvalue weighted by atomic mass is 9.78. The predicted octanol–water partition coefficient (Wildman–Crippen LogP) is 5.54. The molecule has 338 valence electrons. The molecule has 3 rings (SSSR count). The number of hydrogen-bond acceptors (Lipinski definition) is 16. The number of carbonyl (C=O) groups excluding carboxylic acids is 7. The van der Waals surface area contributed by atoms with E-state index in [1.807, 2.05) is 20.8 Å². The summed E-state index contributed by atoms with van der Waals surface area (Å²) in [6, 6.07) is 0. The van der Waals surface area contributed by atoms with Gasteiger partial charge in [-0.2, -0.15) is 0 Å². The third-order valence-electron chi connectivity index (χ3n) is 10.3. The van der Waals surface area contributed by atoms with Crippen LogP contribution in [0.25, 0.3) is 0 Å². The number of fused-ring (bicyclic) bond motifs is 3. The summed E-state index contributed by atoms with van der Waals surface area (Å²) >= 11 is 0. The highest BCUT2D eigenvalue weighted by Crippen LogP contribution is 2.46. The standard InChI is InChI=1S/C45H58N2O15/c1-21(16-15-17-22(2)43(55)47-30-20-31(51)33-34(37(30)53)36(52)24(4)41-35(33)42(54)45(13,56)61-41)38(58-27(7)48)25(5)40(60-29(9)50)26(6)39(59-28(8)49)23(3)32(57-14)18-19-46-62-44(10,11)12/h15-21,23,25-26,38-40,52,56H,1-14H3,(H,47,55)/b16-15+,22-17-,32-18-,46-19+. The summed E-state index contributed by atoms with van der Waals surface area (Å²) in [5.41, 5.74) is -2.27. The first-order valence-electron chi connectivity index (χ1n) is 19.9. The van der Waals surface area contributed by atoms with Crippen LogP contribution in [0.5, 0.6) is 11.5 Å². The number of phenols is 1. The highest BCUT2D eigenvalue weighted by atomic mass is 16.6. The van der Waals surface area contributed by atoms with Gasteiger partial charge in [-0.15, -0.1) is 0 Å². The van der Waals surface area contributed by atoms with E-state index in [2.05, 4.69) is 10.5 Å². The third kappa shape index (κ3) is 11.8. The molecule has 0 bridgehead atoms. The number of amides is 1. The van der Waals surface area contributed by atoms with Crippen LogP contribution in [-0.2, 0) is 43.0 Å². The highest BCUT2D eigenvalue weighted by molar-refractivity contribution is 6.30. The molecule has 8 atom stereocenters. The van der Waals surface area contributed by atoms with Gasteiger partial charge < -0.3 is 44.1 Å². The molecule has 1 amide bonds. The number of nitrogens with one attached hydrogen (secondary N) is 1. The summed E-state index contributed by atoms with van der Waals surface area (Å²) in [6.07, 6.45) is 5.58. The van der Waals surface area contributed by atoms with Gasteiger partial charge in [-0.25, -0.2) is 0 Å². The summed E-state index contributed by atoms with van der Waals surface area (Å²) < 4.78 is 28.4. The summed E-state index contributed by atoms with van der Waals surface area (Å²) in [6.45, 7) is 20.0. The maximum absolute atomic E-state index is 13.6. The lowest BCUT2D eigenvalue weighted by Crippen LogP contribution is -2.47. The molecule has 0 spiro atoms. The Bertz CT molecular complexity index is 2140. The highest BCUT2D eigenvalue weighted by Gasteiger charge is 2.49. The quantitative estimate of drug-likeness (QED) is 0.0332. The number of carbonyl (C=O) groups is 7. The van der Waals surface area contributed by atoms with Crippen LogP contribution >= 0.6 is 0 Å². The normalized spacial score (nSPS) is 20.2. The minimum Gasteiger partial charge on any atom is -0.507 e. The maximum atomic E-state index is 13.6. The zero-order valence-corrected chi connectivity index (χ0v) is 37.7. The molecule has 62 heavy (non-hydrogen) atoms. The van der Waals surface area contributed by atoms with E-state index in [-0.39, 0.29) is 22.4 Å². The number of phenolic OH excluding ortho intramolecular Hbond substituents is 1. The van der Waals surface area contributed by atoms with Crippen LogP contribution in [0.3, 0.4) is 0 Å². The molecular weight excluding hydrogens is 808 g/mol. The van der Waals surface area contributed by atoms with Crippen molar-refractivity contribution in [3.63, 3.8) is 0 Å². The van der Waals surface area contributed by atoms with Gasteiger partial charge in [-0.05, 0) is 40.7 Å². The molecule has 1 aromatic rings. The van der Waals surface area contributed by atoms with Gasteiger partial charge in [0.1, 0.15) is 41.2 Å². The number of Topliss-reactive ketones (excluding diaryl/α,β-unsaturated/α-hetero) is 2. The zero-order valence-electron chi connectivity index (χ0n) is 37.7. The molecule has 0 aromatic heterocycles. The fourth-order valence-corrected chi connectivity index (χ4v) is 7.27. The Hall–Kier alpha value is -6.10. The molecule has 1 aromatic carbocycles. The number of esters is 3. The Morgan fingerprint density at radius 1 is 0.855 bits per heavy atom. The van der Waals surface area contributed by atoms with E-state index in [0.717, 1.165) is 13.0 Å². The molecule has 17 nitrogen and oxygen atoms in total. The van der Waals surface area contributed by atoms with Crippen LogP contribution < -0.4 is 10.1 Å². The average Bonchev–Trinajstić information content (AvgIpc) is 3.41. The molecule has 0 fully saturated rings. The van der Waals surface area contributed by atoms with Crippen LogP contribution in [0.15, 0.2) is 52.6 Å². The van der Waals surface area contributed by atoms with E-state index >= 15 is 0 Å². The topological polar surface area (TPSA) is 240 Å².